The second-order valence-electron chi connectivity index (χ2n) is 4.34. The smallest absolute Gasteiger partial charge is 0.260 e. The minimum absolute atomic E-state index is 0.0306. The Kier molecular flexibility index (Phi) is 4.10. The molecule has 0 unspecified atom stereocenters. The first-order valence-electron chi connectivity index (χ1n) is 5.85. The molecule has 1 aromatic heterocycles. The fourth-order valence-corrected chi connectivity index (χ4v) is 1.84. The number of amides is 2. The van der Waals surface area contributed by atoms with Gasteiger partial charge in [-0.1, -0.05) is 6.07 Å². The van der Waals surface area contributed by atoms with Crippen LogP contribution in [0.15, 0.2) is 41.0 Å². The monoisotopic (exact) mass is 292 g/mol. The lowest BCUT2D eigenvalue weighted by Crippen LogP contribution is -2.21. The largest absolute Gasteiger partial charge is 0.452 e. The summed E-state index contributed by atoms with van der Waals surface area (Å²) in [5.74, 6) is -0.527. The zero-order chi connectivity index (χ0) is 14.7. The Hall–Kier alpha value is -2.27. The van der Waals surface area contributed by atoms with Gasteiger partial charge in [0.25, 0.3) is 11.8 Å². The van der Waals surface area contributed by atoms with Crippen molar-refractivity contribution in [3.8, 4) is 0 Å². The van der Waals surface area contributed by atoms with E-state index in [1.54, 1.807) is 38.4 Å². The van der Waals surface area contributed by atoms with Crippen LogP contribution in [0.3, 0.4) is 0 Å². The highest BCUT2D eigenvalue weighted by molar-refractivity contribution is 6.32. The minimum atomic E-state index is -0.391. The van der Waals surface area contributed by atoms with E-state index in [9.17, 15) is 9.59 Å². The molecule has 0 aliphatic carbocycles. The molecule has 0 radical (unpaired) electrons. The molecule has 1 N–H and O–H groups in total. The summed E-state index contributed by atoms with van der Waals surface area (Å²) < 4.78 is 4.86. The molecule has 1 aromatic carbocycles. The molecule has 0 fully saturated rings. The van der Waals surface area contributed by atoms with Crippen molar-refractivity contribution in [2.45, 2.75) is 0 Å². The second-order valence-corrected chi connectivity index (χ2v) is 4.69. The molecule has 5 nitrogen and oxygen atoms in total. The highest BCUT2D eigenvalue weighted by Gasteiger charge is 2.14. The topological polar surface area (TPSA) is 62.6 Å². The van der Waals surface area contributed by atoms with Crippen LogP contribution >= 0.6 is 11.6 Å². The van der Waals surface area contributed by atoms with E-state index in [1.807, 2.05) is 0 Å². The van der Waals surface area contributed by atoms with Gasteiger partial charge in [0.1, 0.15) is 0 Å². The molecule has 1 heterocycles. The van der Waals surface area contributed by atoms with Crippen molar-refractivity contribution in [2.75, 3.05) is 19.4 Å². The molecule has 2 aromatic rings. The predicted octanol–water partition coefficient (Wildman–Crippen LogP) is 2.89. The summed E-state index contributed by atoms with van der Waals surface area (Å²) in [6, 6.07) is 8.16. The van der Waals surface area contributed by atoms with Gasteiger partial charge in [-0.2, -0.15) is 0 Å². The zero-order valence-electron chi connectivity index (χ0n) is 11.0. The Bertz CT molecular complexity index is 649. The van der Waals surface area contributed by atoms with Crippen LogP contribution in [0.1, 0.15) is 20.7 Å². The number of nitrogens with one attached hydrogen (secondary N) is 1. The molecule has 0 atom stereocenters. The molecule has 20 heavy (non-hydrogen) atoms. The first-order valence-corrected chi connectivity index (χ1v) is 6.23. The number of halogens is 1. The van der Waals surface area contributed by atoms with Crippen molar-refractivity contribution in [1.82, 2.24) is 4.90 Å². The van der Waals surface area contributed by atoms with Gasteiger partial charge in [-0.25, -0.2) is 0 Å². The summed E-state index contributed by atoms with van der Waals surface area (Å²) in [6.45, 7) is 0. The number of furan rings is 1. The molecule has 0 bridgehead atoms. The molecule has 2 rings (SSSR count). The average molecular weight is 293 g/mol. The van der Waals surface area contributed by atoms with Crippen molar-refractivity contribution in [3.05, 3.63) is 52.9 Å². The van der Waals surface area contributed by atoms with Crippen molar-refractivity contribution in [2.24, 2.45) is 0 Å². The number of benzene rings is 1. The molecule has 104 valence electrons. The average Bonchev–Trinajstić information content (AvgIpc) is 2.84. The number of anilines is 1. The normalized spacial score (nSPS) is 10.2. The summed E-state index contributed by atoms with van der Waals surface area (Å²) in [5.41, 5.74) is 1.25. The van der Waals surface area contributed by atoms with E-state index in [-0.39, 0.29) is 16.7 Å². The fourth-order valence-electron chi connectivity index (χ4n) is 1.64. The van der Waals surface area contributed by atoms with Gasteiger partial charge in [0.15, 0.2) is 0 Å². The molecule has 0 saturated heterocycles. The lowest BCUT2D eigenvalue weighted by atomic mass is 10.1. The van der Waals surface area contributed by atoms with Gasteiger partial charge < -0.3 is 14.6 Å². The first kappa shape index (κ1) is 14.1. The number of carbonyl (C=O) groups excluding carboxylic acids is 2. The summed E-state index contributed by atoms with van der Waals surface area (Å²) in [4.78, 5) is 25.3. The van der Waals surface area contributed by atoms with Gasteiger partial charge >= 0.3 is 0 Å². The lowest BCUT2D eigenvalue weighted by Gasteiger charge is -2.11. The van der Waals surface area contributed by atoms with Gasteiger partial charge in [0, 0.05) is 25.3 Å². The number of rotatable bonds is 3. The quantitative estimate of drug-likeness (QED) is 0.946. The van der Waals surface area contributed by atoms with Crippen molar-refractivity contribution >= 4 is 29.1 Å². The van der Waals surface area contributed by atoms with E-state index < -0.39 is 5.91 Å². The predicted molar refractivity (Wildman–Crippen MR) is 76.1 cm³/mol. The zero-order valence-corrected chi connectivity index (χ0v) is 11.8. The maximum absolute atomic E-state index is 12.0. The van der Waals surface area contributed by atoms with Gasteiger partial charge in [-0.15, -0.1) is 0 Å². The highest BCUT2D eigenvalue weighted by Crippen LogP contribution is 2.19. The van der Waals surface area contributed by atoms with Crippen LogP contribution in [0.25, 0.3) is 0 Å². The SMILES string of the molecule is CN(C)C(=O)c1cccc(NC(=O)c2ccoc2Cl)c1. The van der Waals surface area contributed by atoms with E-state index in [1.165, 1.54) is 17.2 Å². The van der Waals surface area contributed by atoms with Crippen molar-refractivity contribution < 1.29 is 14.0 Å². The van der Waals surface area contributed by atoms with Crippen LogP contribution in [0.5, 0.6) is 0 Å². The van der Waals surface area contributed by atoms with Gasteiger partial charge in [-0.05, 0) is 35.9 Å². The van der Waals surface area contributed by atoms with Crippen LogP contribution in [-0.4, -0.2) is 30.8 Å². The van der Waals surface area contributed by atoms with E-state index in [2.05, 4.69) is 5.32 Å². The van der Waals surface area contributed by atoms with E-state index >= 15 is 0 Å². The van der Waals surface area contributed by atoms with E-state index in [0.29, 0.717) is 11.3 Å². The maximum atomic E-state index is 12.0. The third-order valence-corrected chi connectivity index (χ3v) is 2.93. The first-order chi connectivity index (χ1) is 9.49. The molecular weight excluding hydrogens is 280 g/mol. The Morgan fingerprint density at radius 2 is 2.00 bits per heavy atom. The number of hydrogen-bond donors (Lipinski definition) is 1. The molecular formula is C14H13ClN2O3. The van der Waals surface area contributed by atoms with Crippen LogP contribution in [0.2, 0.25) is 5.22 Å². The molecule has 0 aliphatic rings. The Balaban J connectivity index is 2.18. The third kappa shape index (κ3) is 3.00. The summed E-state index contributed by atoms with van der Waals surface area (Å²) >= 11 is 5.74. The summed E-state index contributed by atoms with van der Waals surface area (Å²) in [6.07, 6.45) is 1.34. The van der Waals surface area contributed by atoms with Gasteiger partial charge in [0.2, 0.25) is 5.22 Å². The fraction of sp³-hybridized carbons (Fsp3) is 0.143. The van der Waals surface area contributed by atoms with Crippen LogP contribution in [-0.2, 0) is 0 Å². The molecule has 2 amide bonds. The Labute approximate surface area is 121 Å². The standard InChI is InChI=1S/C14H13ClN2O3/c1-17(2)14(19)9-4-3-5-10(8-9)16-13(18)11-6-7-20-12(11)15/h3-8H,1-2H3,(H,16,18). The summed E-state index contributed by atoms with van der Waals surface area (Å²) in [5, 5.41) is 2.70. The van der Waals surface area contributed by atoms with Gasteiger partial charge in [0.05, 0.1) is 11.8 Å². The molecule has 0 saturated carbocycles. The molecule has 0 spiro atoms. The summed E-state index contributed by atoms with van der Waals surface area (Å²) in [7, 11) is 3.33. The Morgan fingerprint density at radius 1 is 1.25 bits per heavy atom. The number of nitrogens with zero attached hydrogens (tertiary/aromatic N) is 1. The lowest BCUT2D eigenvalue weighted by molar-refractivity contribution is 0.0827. The van der Waals surface area contributed by atoms with Gasteiger partial charge in [-0.3, -0.25) is 9.59 Å². The second kappa shape index (κ2) is 5.79. The molecule has 0 aliphatic heterocycles. The number of carbonyl (C=O) groups is 2. The Morgan fingerprint density at radius 3 is 2.60 bits per heavy atom. The van der Waals surface area contributed by atoms with Crippen LogP contribution < -0.4 is 5.32 Å². The van der Waals surface area contributed by atoms with Crippen LogP contribution in [0.4, 0.5) is 5.69 Å². The third-order valence-electron chi connectivity index (χ3n) is 2.64. The van der Waals surface area contributed by atoms with Crippen molar-refractivity contribution in [3.63, 3.8) is 0 Å². The van der Waals surface area contributed by atoms with E-state index in [0.717, 1.165) is 0 Å². The maximum Gasteiger partial charge on any atom is 0.260 e. The number of hydrogen-bond acceptors (Lipinski definition) is 3. The highest BCUT2D eigenvalue weighted by atomic mass is 35.5. The van der Waals surface area contributed by atoms with E-state index in [4.69, 9.17) is 16.0 Å². The van der Waals surface area contributed by atoms with Crippen LogP contribution in [0, 0.1) is 0 Å². The molecule has 6 heteroatoms. The van der Waals surface area contributed by atoms with Crippen molar-refractivity contribution in [1.29, 1.82) is 0 Å². The minimum Gasteiger partial charge on any atom is -0.452 e.